The van der Waals surface area contributed by atoms with Gasteiger partial charge in [0.1, 0.15) is 5.41 Å². The smallest absolute Gasteiger partial charge is 0.313 e. The number of carboxylic acids is 1. The third-order valence-electron chi connectivity index (χ3n) is 4.77. The fourth-order valence-electron chi connectivity index (χ4n) is 4.15. The SMILES string of the molecule is CC(C)(O)C1(C(=O)O)[C@@H]2C=CC3C=C[C@H]1C32. The van der Waals surface area contributed by atoms with Crippen molar-refractivity contribution in [2.75, 3.05) is 0 Å². The summed E-state index contributed by atoms with van der Waals surface area (Å²) in [5.74, 6) is -0.138. The van der Waals surface area contributed by atoms with Crippen LogP contribution in [0.25, 0.3) is 0 Å². The van der Waals surface area contributed by atoms with Crippen LogP contribution in [-0.4, -0.2) is 21.8 Å². The Kier molecular flexibility index (Phi) is 1.63. The van der Waals surface area contributed by atoms with E-state index in [-0.39, 0.29) is 11.8 Å². The fourth-order valence-corrected chi connectivity index (χ4v) is 4.15. The van der Waals surface area contributed by atoms with E-state index in [1.54, 1.807) is 13.8 Å². The Labute approximate surface area is 94.5 Å². The molecule has 3 aliphatic carbocycles. The molecule has 0 aromatic carbocycles. The van der Waals surface area contributed by atoms with E-state index in [9.17, 15) is 15.0 Å². The Hall–Kier alpha value is -1.09. The summed E-state index contributed by atoms with van der Waals surface area (Å²) in [4.78, 5) is 11.7. The van der Waals surface area contributed by atoms with E-state index < -0.39 is 17.0 Å². The molecule has 86 valence electrons. The lowest BCUT2D eigenvalue weighted by molar-refractivity contribution is -0.215. The van der Waals surface area contributed by atoms with Gasteiger partial charge in [-0.2, -0.15) is 0 Å². The van der Waals surface area contributed by atoms with Gasteiger partial charge in [0, 0.05) is 11.8 Å². The van der Waals surface area contributed by atoms with Crippen LogP contribution >= 0.6 is 0 Å². The zero-order valence-electron chi connectivity index (χ0n) is 9.42. The number of hydrogen-bond acceptors (Lipinski definition) is 2. The van der Waals surface area contributed by atoms with E-state index in [0.29, 0.717) is 11.8 Å². The van der Waals surface area contributed by atoms with Crippen LogP contribution in [0.1, 0.15) is 13.8 Å². The fraction of sp³-hybridized carbons (Fsp3) is 0.615. The van der Waals surface area contributed by atoms with Gasteiger partial charge in [-0.25, -0.2) is 0 Å². The van der Waals surface area contributed by atoms with Gasteiger partial charge in [-0.05, 0) is 25.7 Å². The van der Waals surface area contributed by atoms with Gasteiger partial charge in [0.25, 0.3) is 0 Å². The maximum absolute atomic E-state index is 11.7. The molecular weight excluding hydrogens is 204 g/mol. The summed E-state index contributed by atoms with van der Waals surface area (Å²) in [5, 5.41) is 19.8. The molecule has 0 aromatic rings. The minimum Gasteiger partial charge on any atom is -0.481 e. The molecule has 3 heteroatoms. The van der Waals surface area contributed by atoms with Crippen LogP contribution in [-0.2, 0) is 4.79 Å². The highest BCUT2D eigenvalue weighted by molar-refractivity contribution is 5.81. The molecule has 0 saturated heterocycles. The van der Waals surface area contributed by atoms with E-state index in [0.717, 1.165) is 0 Å². The van der Waals surface area contributed by atoms with Crippen LogP contribution in [0.3, 0.4) is 0 Å². The van der Waals surface area contributed by atoms with Crippen LogP contribution in [0, 0.1) is 29.1 Å². The minimum atomic E-state index is -1.20. The number of aliphatic carboxylic acids is 1. The molecule has 3 unspecified atom stereocenters. The summed E-state index contributed by atoms with van der Waals surface area (Å²) in [5.41, 5.74) is -2.23. The van der Waals surface area contributed by atoms with E-state index >= 15 is 0 Å². The molecule has 1 saturated carbocycles. The van der Waals surface area contributed by atoms with Crippen molar-refractivity contribution in [1.82, 2.24) is 0 Å². The van der Waals surface area contributed by atoms with Gasteiger partial charge in [0.2, 0.25) is 0 Å². The Morgan fingerprint density at radius 2 is 1.69 bits per heavy atom. The second-order valence-corrected chi connectivity index (χ2v) is 5.71. The number of allylic oxidation sites excluding steroid dienone is 4. The minimum absolute atomic E-state index is 0.0185. The first-order chi connectivity index (χ1) is 7.40. The Balaban J connectivity index is 2.14. The molecule has 5 atom stereocenters. The molecular formula is C13H16O3. The predicted octanol–water partition coefficient (Wildman–Crippen LogP) is 1.45. The standard InChI is InChI=1S/C13H16O3/c1-12(2,16)13(11(14)15)8-5-3-7-4-6-9(13)10(7)8/h3-10,16H,1-2H3,(H,14,15)/t7?,8-,9+,10?,13?. The molecule has 3 aliphatic rings. The highest BCUT2D eigenvalue weighted by Crippen LogP contribution is 2.69. The van der Waals surface area contributed by atoms with Crippen molar-refractivity contribution in [2.45, 2.75) is 19.4 Å². The van der Waals surface area contributed by atoms with Gasteiger partial charge in [0.15, 0.2) is 0 Å². The summed E-state index contributed by atoms with van der Waals surface area (Å²) in [6.45, 7) is 3.23. The van der Waals surface area contributed by atoms with E-state index in [4.69, 9.17) is 0 Å². The zero-order chi connectivity index (χ0) is 11.7. The van der Waals surface area contributed by atoms with E-state index in [1.165, 1.54) is 0 Å². The van der Waals surface area contributed by atoms with E-state index in [1.807, 2.05) is 12.2 Å². The molecule has 0 radical (unpaired) electrons. The normalized spacial score (nSPS) is 47.9. The van der Waals surface area contributed by atoms with Gasteiger partial charge in [-0.15, -0.1) is 0 Å². The summed E-state index contributed by atoms with van der Waals surface area (Å²) in [7, 11) is 0. The number of carbonyl (C=O) groups is 1. The molecule has 0 heterocycles. The van der Waals surface area contributed by atoms with Crippen molar-refractivity contribution < 1.29 is 15.0 Å². The molecule has 3 rings (SSSR count). The zero-order valence-corrected chi connectivity index (χ0v) is 9.42. The number of aliphatic hydroxyl groups is 1. The van der Waals surface area contributed by atoms with E-state index in [2.05, 4.69) is 12.2 Å². The van der Waals surface area contributed by atoms with Crippen molar-refractivity contribution in [3.05, 3.63) is 24.3 Å². The highest BCUT2D eigenvalue weighted by Gasteiger charge is 2.73. The maximum atomic E-state index is 11.7. The molecule has 0 amide bonds. The van der Waals surface area contributed by atoms with Crippen molar-refractivity contribution in [2.24, 2.45) is 29.1 Å². The summed E-state index contributed by atoms with van der Waals surface area (Å²) >= 11 is 0. The van der Waals surface area contributed by atoms with Crippen LogP contribution < -0.4 is 0 Å². The Morgan fingerprint density at radius 1 is 1.19 bits per heavy atom. The third kappa shape index (κ3) is 0.798. The second kappa shape index (κ2) is 2.59. The number of carboxylic acid groups (broad SMARTS) is 1. The average molecular weight is 220 g/mol. The van der Waals surface area contributed by atoms with Crippen LogP contribution in [0.15, 0.2) is 24.3 Å². The monoisotopic (exact) mass is 220 g/mol. The van der Waals surface area contributed by atoms with Crippen molar-refractivity contribution in [1.29, 1.82) is 0 Å². The average Bonchev–Trinajstić information content (AvgIpc) is 2.52. The van der Waals surface area contributed by atoms with Gasteiger partial charge in [-0.1, -0.05) is 24.3 Å². The molecule has 16 heavy (non-hydrogen) atoms. The molecule has 0 aliphatic heterocycles. The first-order valence-corrected chi connectivity index (χ1v) is 5.73. The van der Waals surface area contributed by atoms with Crippen molar-refractivity contribution in [3.8, 4) is 0 Å². The first-order valence-electron chi connectivity index (χ1n) is 5.73. The summed E-state index contributed by atoms with van der Waals surface area (Å²) in [6.07, 6.45) is 8.15. The predicted molar refractivity (Wildman–Crippen MR) is 58.6 cm³/mol. The molecule has 1 fully saturated rings. The van der Waals surface area contributed by atoms with Gasteiger partial charge >= 0.3 is 5.97 Å². The van der Waals surface area contributed by atoms with Gasteiger partial charge < -0.3 is 10.2 Å². The van der Waals surface area contributed by atoms with Gasteiger partial charge in [0.05, 0.1) is 5.60 Å². The van der Waals surface area contributed by atoms with Crippen molar-refractivity contribution >= 4 is 5.97 Å². The number of hydrogen-bond donors (Lipinski definition) is 2. The molecule has 0 aromatic heterocycles. The highest BCUT2D eigenvalue weighted by atomic mass is 16.4. The lowest BCUT2D eigenvalue weighted by Crippen LogP contribution is -2.68. The lowest BCUT2D eigenvalue weighted by Gasteiger charge is -2.59. The second-order valence-electron chi connectivity index (χ2n) is 5.71. The molecule has 0 bridgehead atoms. The molecule has 0 spiro atoms. The quantitative estimate of drug-likeness (QED) is 0.692. The number of rotatable bonds is 2. The molecule has 3 nitrogen and oxygen atoms in total. The largest absolute Gasteiger partial charge is 0.481 e. The lowest BCUT2D eigenvalue weighted by atomic mass is 9.43. The van der Waals surface area contributed by atoms with Crippen LogP contribution in [0.2, 0.25) is 0 Å². The Morgan fingerprint density at radius 3 is 2.06 bits per heavy atom. The van der Waals surface area contributed by atoms with Gasteiger partial charge in [-0.3, -0.25) is 4.79 Å². The maximum Gasteiger partial charge on any atom is 0.313 e. The first kappa shape index (κ1) is 10.1. The third-order valence-corrected chi connectivity index (χ3v) is 4.77. The Bertz CT molecular complexity index is 391. The topological polar surface area (TPSA) is 57.5 Å². The van der Waals surface area contributed by atoms with Crippen LogP contribution in [0.4, 0.5) is 0 Å². The summed E-state index contributed by atoms with van der Waals surface area (Å²) in [6, 6.07) is 0. The van der Waals surface area contributed by atoms with Crippen LogP contribution in [0.5, 0.6) is 0 Å². The molecule has 2 N–H and O–H groups in total. The van der Waals surface area contributed by atoms with Crippen molar-refractivity contribution in [3.63, 3.8) is 0 Å². The summed E-state index contributed by atoms with van der Waals surface area (Å²) < 4.78 is 0.